The van der Waals surface area contributed by atoms with Crippen LogP contribution < -0.4 is 5.32 Å². The molecule has 1 unspecified atom stereocenters. The Morgan fingerprint density at radius 1 is 0.978 bits per heavy atom. The number of piperidine rings is 1. The molecule has 7 nitrogen and oxygen atoms in total. The average Bonchev–Trinajstić information content (AvgIpc) is 3.18. The molecule has 1 fully saturated rings. The van der Waals surface area contributed by atoms with Gasteiger partial charge in [-0.1, -0.05) is 30.3 Å². The molecular weight excluding hydrogens is 619 g/mol. The molecule has 3 heterocycles. The van der Waals surface area contributed by atoms with Crippen molar-refractivity contribution in [3.8, 4) is 0 Å². The van der Waals surface area contributed by atoms with Crippen LogP contribution in [-0.4, -0.2) is 39.7 Å². The SMILES string of the molecule is Cc1nc(C)c(C2=CCC(C)C(c3cccc(C(F)(F)F)c3)=NO2)c(C2CCN(C(=O)Nc3c(F)cccc3C(F)(F)F)CC2)n1. The third kappa shape index (κ3) is 7.00. The van der Waals surface area contributed by atoms with Crippen LogP contribution in [0, 0.1) is 25.6 Å². The van der Waals surface area contributed by atoms with E-state index in [1.54, 1.807) is 26.0 Å². The summed E-state index contributed by atoms with van der Waals surface area (Å²) in [5, 5.41) is 6.36. The van der Waals surface area contributed by atoms with Gasteiger partial charge in [0.15, 0.2) is 5.76 Å². The molecule has 0 saturated carbocycles. The van der Waals surface area contributed by atoms with Gasteiger partial charge in [0.25, 0.3) is 0 Å². The van der Waals surface area contributed by atoms with Crippen LogP contribution in [0.2, 0.25) is 0 Å². The van der Waals surface area contributed by atoms with E-state index in [1.807, 2.05) is 6.92 Å². The summed E-state index contributed by atoms with van der Waals surface area (Å²) >= 11 is 0. The van der Waals surface area contributed by atoms with Crippen molar-refractivity contribution in [2.45, 2.75) is 58.3 Å². The molecule has 244 valence electrons. The predicted octanol–water partition coefficient (Wildman–Crippen LogP) is 8.48. The number of aromatic nitrogens is 2. The van der Waals surface area contributed by atoms with Crippen LogP contribution in [0.15, 0.2) is 53.7 Å². The number of carbonyl (C=O) groups is 1. The second kappa shape index (κ2) is 12.7. The Kier molecular flexibility index (Phi) is 9.09. The second-order valence-electron chi connectivity index (χ2n) is 11.3. The number of nitrogens with one attached hydrogen (secondary N) is 1. The lowest BCUT2D eigenvalue weighted by molar-refractivity contribution is -0.138. The van der Waals surface area contributed by atoms with E-state index in [4.69, 9.17) is 4.84 Å². The number of para-hydroxylation sites is 1. The largest absolute Gasteiger partial charge is 0.418 e. The number of nitrogens with zero attached hydrogens (tertiary/aromatic N) is 4. The van der Waals surface area contributed by atoms with E-state index >= 15 is 0 Å². The highest BCUT2D eigenvalue weighted by Crippen LogP contribution is 2.38. The minimum Gasteiger partial charge on any atom is -0.356 e. The van der Waals surface area contributed by atoms with Crippen LogP contribution in [-0.2, 0) is 17.2 Å². The van der Waals surface area contributed by atoms with Gasteiger partial charge in [-0.2, -0.15) is 26.3 Å². The number of aryl methyl sites for hydroxylation is 2. The summed E-state index contributed by atoms with van der Waals surface area (Å²) in [4.78, 5) is 29.3. The summed E-state index contributed by atoms with van der Waals surface area (Å²) in [7, 11) is 0. The maximum absolute atomic E-state index is 14.3. The van der Waals surface area contributed by atoms with Crippen LogP contribution in [0.1, 0.15) is 71.6 Å². The number of carbonyl (C=O) groups excluding carboxylic acids is 1. The molecule has 2 aliphatic rings. The minimum absolute atomic E-state index is 0.155. The zero-order chi connectivity index (χ0) is 33.4. The van der Waals surface area contributed by atoms with E-state index < -0.39 is 41.0 Å². The van der Waals surface area contributed by atoms with Crippen LogP contribution in [0.3, 0.4) is 0 Å². The molecule has 3 aromatic rings. The molecule has 2 aliphatic heterocycles. The summed E-state index contributed by atoms with van der Waals surface area (Å²) in [6.07, 6.45) is -6.38. The number of rotatable bonds is 4. The fourth-order valence-electron chi connectivity index (χ4n) is 5.73. The second-order valence-corrected chi connectivity index (χ2v) is 11.3. The van der Waals surface area contributed by atoms with Crippen molar-refractivity contribution >= 4 is 23.2 Å². The van der Waals surface area contributed by atoms with Crippen molar-refractivity contribution in [3.63, 3.8) is 0 Å². The summed E-state index contributed by atoms with van der Waals surface area (Å²) in [5.74, 6) is -0.826. The molecule has 14 heteroatoms. The molecule has 46 heavy (non-hydrogen) atoms. The zero-order valence-electron chi connectivity index (χ0n) is 25.1. The molecule has 1 saturated heterocycles. The van der Waals surface area contributed by atoms with Gasteiger partial charge >= 0.3 is 18.4 Å². The molecule has 2 amide bonds. The number of halogens is 7. The minimum atomic E-state index is -4.86. The standard InChI is InChI=1S/C32H30F7N5O2/c1-17-10-11-25(46-43-27(17)21-6-4-7-22(16-21)31(34,35)36)26-18(2)40-19(3)41-28(26)20-12-14-44(15-13-20)30(45)42-29-23(32(37,38)39)8-5-9-24(29)33/h4-9,11,16-17,20H,10,12-15H2,1-3H3,(H,42,45). The lowest BCUT2D eigenvalue weighted by Gasteiger charge is -2.33. The normalized spacial score (nSPS) is 18.0. The smallest absolute Gasteiger partial charge is 0.356 e. The van der Waals surface area contributed by atoms with Crippen molar-refractivity contribution in [2.75, 3.05) is 18.4 Å². The molecular formula is C32H30F7N5O2. The molecule has 1 atom stereocenters. The number of hydrogen-bond acceptors (Lipinski definition) is 5. The van der Waals surface area contributed by atoms with Gasteiger partial charge in [-0.25, -0.2) is 19.2 Å². The van der Waals surface area contributed by atoms with Gasteiger partial charge in [0, 0.05) is 30.5 Å². The molecule has 1 aromatic heterocycles. The van der Waals surface area contributed by atoms with Gasteiger partial charge in [0.05, 0.1) is 39.5 Å². The summed E-state index contributed by atoms with van der Waals surface area (Å²) in [6.45, 7) is 5.65. The fraction of sp³-hybridized carbons (Fsp3) is 0.375. The number of amides is 2. The number of anilines is 1. The Balaban J connectivity index is 1.36. The summed E-state index contributed by atoms with van der Waals surface area (Å²) in [5.41, 5.74) is -0.549. The lowest BCUT2D eigenvalue weighted by atomic mass is 9.88. The first kappa shape index (κ1) is 32.9. The van der Waals surface area contributed by atoms with Gasteiger partial charge in [-0.15, -0.1) is 0 Å². The van der Waals surface area contributed by atoms with Crippen molar-refractivity contribution in [3.05, 3.63) is 93.8 Å². The molecule has 0 bridgehead atoms. The van der Waals surface area contributed by atoms with Crippen molar-refractivity contribution < 1.29 is 40.4 Å². The fourth-order valence-corrected chi connectivity index (χ4v) is 5.73. The van der Waals surface area contributed by atoms with E-state index in [2.05, 4.69) is 20.4 Å². The van der Waals surface area contributed by atoms with Crippen LogP contribution >= 0.6 is 0 Å². The van der Waals surface area contributed by atoms with Gasteiger partial charge in [-0.05, 0) is 63.5 Å². The van der Waals surface area contributed by atoms with E-state index in [0.717, 1.165) is 24.3 Å². The predicted molar refractivity (Wildman–Crippen MR) is 156 cm³/mol. The van der Waals surface area contributed by atoms with Gasteiger partial charge in [0.2, 0.25) is 0 Å². The maximum Gasteiger partial charge on any atom is 0.418 e. The summed E-state index contributed by atoms with van der Waals surface area (Å²) < 4.78 is 94.7. The van der Waals surface area contributed by atoms with Crippen molar-refractivity contribution in [1.29, 1.82) is 0 Å². The maximum atomic E-state index is 14.3. The number of alkyl halides is 6. The first-order valence-corrected chi connectivity index (χ1v) is 14.5. The molecule has 0 aliphatic carbocycles. The van der Waals surface area contributed by atoms with Crippen LogP contribution in [0.5, 0.6) is 0 Å². The van der Waals surface area contributed by atoms with Crippen LogP contribution in [0.25, 0.3) is 5.76 Å². The van der Waals surface area contributed by atoms with E-state index in [0.29, 0.717) is 59.6 Å². The Hall–Kier alpha value is -4.49. The Labute approximate surface area is 260 Å². The molecule has 2 aromatic carbocycles. The lowest BCUT2D eigenvalue weighted by Crippen LogP contribution is -2.41. The van der Waals surface area contributed by atoms with Gasteiger partial charge < -0.3 is 15.1 Å². The monoisotopic (exact) mass is 649 g/mol. The number of urea groups is 1. The Morgan fingerprint density at radius 3 is 2.35 bits per heavy atom. The summed E-state index contributed by atoms with van der Waals surface area (Å²) in [6, 6.07) is 6.50. The third-order valence-corrected chi connectivity index (χ3v) is 8.05. The van der Waals surface area contributed by atoms with E-state index in [1.165, 1.54) is 11.0 Å². The highest BCUT2D eigenvalue weighted by atomic mass is 19.4. The van der Waals surface area contributed by atoms with Gasteiger partial charge in [0.1, 0.15) is 11.6 Å². The number of likely N-dealkylation sites (tertiary alicyclic amines) is 1. The first-order chi connectivity index (χ1) is 21.6. The number of hydrogen-bond donors (Lipinski definition) is 1. The molecule has 5 rings (SSSR count). The molecule has 0 spiro atoms. The highest BCUT2D eigenvalue weighted by Gasteiger charge is 2.37. The Morgan fingerprint density at radius 2 is 1.67 bits per heavy atom. The van der Waals surface area contributed by atoms with Crippen molar-refractivity contribution in [2.24, 2.45) is 11.1 Å². The van der Waals surface area contributed by atoms with Crippen molar-refractivity contribution in [1.82, 2.24) is 14.9 Å². The molecule has 1 N–H and O–H groups in total. The Bertz CT molecular complexity index is 1690. The highest BCUT2D eigenvalue weighted by molar-refractivity contribution is 6.02. The molecule has 0 radical (unpaired) electrons. The number of oxime groups is 1. The number of allylic oxidation sites excluding steroid dienone is 1. The van der Waals surface area contributed by atoms with Gasteiger partial charge in [-0.3, -0.25) is 0 Å². The average molecular weight is 650 g/mol. The zero-order valence-corrected chi connectivity index (χ0v) is 25.1. The van der Waals surface area contributed by atoms with Crippen LogP contribution in [0.4, 0.5) is 41.2 Å². The quantitative estimate of drug-likeness (QED) is 0.288. The van der Waals surface area contributed by atoms with E-state index in [9.17, 15) is 35.5 Å². The first-order valence-electron chi connectivity index (χ1n) is 14.5. The number of benzene rings is 2. The van der Waals surface area contributed by atoms with E-state index in [-0.39, 0.29) is 30.5 Å². The topological polar surface area (TPSA) is 79.7 Å². The third-order valence-electron chi connectivity index (χ3n) is 8.05.